The molecule has 0 spiro atoms. The highest BCUT2D eigenvalue weighted by molar-refractivity contribution is 14.1. The summed E-state index contributed by atoms with van der Waals surface area (Å²) in [5.41, 5.74) is 0.550. The Morgan fingerprint density at radius 2 is 2.40 bits per heavy atom. The molecule has 6 heteroatoms. The fourth-order valence-corrected chi connectivity index (χ4v) is 2.04. The Morgan fingerprint density at radius 3 is 2.87 bits per heavy atom. The van der Waals surface area contributed by atoms with Gasteiger partial charge < -0.3 is 4.42 Å². The maximum atomic E-state index is 12.0. The van der Waals surface area contributed by atoms with Crippen molar-refractivity contribution in [1.29, 1.82) is 0 Å². The summed E-state index contributed by atoms with van der Waals surface area (Å²) in [5, 5.41) is 4.01. The second-order valence-corrected chi connectivity index (χ2v) is 4.78. The number of hydrogen-bond donors (Lipinski definition) is 0. The summed E-state index contributed by atoms with van der Waals surface area (Å²) in [6.07, 6.45) is 3.01. The molecule has 0 aliphatic rings. The number of ketones is 1. The highest BCUT2D eigenvalue weighted by atomic mass is 127. The molecule has 0 unspecified atom stereocenters. The molecule has 2 rings (SSSR count). The van der Waals surface area contributed by atoms with Crippen molar-refractivity contribution < 1.29 is 9.21 Å². The standard InChI is InChI=1S/C9H6BrIN2O2/c1-13-9(11)5(4-12-13)7(14)8-6(10)2-3-15-8/h2-4H,1H3. The van der Waals surface area contributed by atoms with E-state index in [1.54, 1.807) is 24.0 Å². The molecule has 0 bridgehead atoms. The molecule has 0 aliphatic carbocycles. The van der Waals surface area contributed by atoms with Crippen LogP contribution in [0.4, 0.5) is 0 Å². The Labute approximate surface area is 108 Å². The molecule has 78 valence electrons. The lowest BCUT2D eigenvalue weighted by Crippen LogP contribution is -2.03. The van der Waals surface area contributed by atoms with E-state index in [1.807, 2.05) is 0 Å². The molecule has 2 heterocycles. The number of furan rings is 1. The zero-order valence-electron chi connectivity index (χ0n) is 7.70. The number of hydrogen-bond acceptors (Lipinski definition) is 3. The summed E-state index contributed by atoms with van der Waals surface area (Å²) < 4.78 is 8.20. The van der Waals surface area contributed by atoms with E-state index < -0.39 is 0 Å². The quantitative estimate of drug-likeness (QED) is 0.594. The van der Waals surface area contributed by atoms with E-state index in [0.29, 0.717) is 15.8 Å². The van der Waals surface area contributed by atoms with Crippen molar-refractivity contribution in [3.63, 3.8) is 0 Å². The Balaban J connectivity index is 2.46. The third kappa shape index (κ3) is 1.87. The van der Waals surface area contributed by atoms with Crippen LogP contribution in [0.15, 0.2) is 27.4 Å². The molecule has 0 aliphatic heterocycles. The van der Waals surface area contributed by atoms with E-state index in [0.717, 1.165) is 3.70 Å². The SMILES string of the molecule is Cn1ncc(C(=O)c2occc2Br)c1I. The molecule has 0 saturated carbocycles. The molecular weight excluding hydrogens is 375 g/mol. The van der Waals surface area contributed by atoms with Crippen LogP contribution in [0.1, 0.15) is 16.1 Å². The number of nitrogens with zero attached hydrogens (tertiary/aromatic N) is 2. The Kier molecular flexibility index (Phi) is 2.96. The summed E-state index contributed by atoms with van der Waals surface area (Å²) >= 11 is 5.33. The predicted octanol–water partition coefficient (Wildman–Crippen LogP) is 2.61. The summed E-state index contributed by atoms with van der Waals surface area (Å²) in [4.78, 5) is 12.0. The summed E-state index contributed by atoms with van der Waals surface area (Å²) in [6.45, 7) is 0. The van der Waals surface area contributed by atoms with Crippen LogP contribution in [-0.2, 0) is 7.05 Å². The molecule has 0 saturated heterocycles. The number of aromatic nitrogens is 2. The highest BCUT2D eigenvalue weighted by Crippen LogP contribution is 2.22. The number of rotatable bonds is 2. The van der Waals surface area contributed by atoms with Crippen molar-refractivity contribution >= 4 is 44.3 Å². The zero-order chi connectivity index (χ0) is 11.0. The molecular formula is C9H6BrIN2O2. The average Bonchev–Trinajstić information content (AvgIpc) is 2.75. The number of aryl methyl sites for hydroxylation is 1. The smallest absolute Gasteiger partial charge is 0.233 e. The maximum absolute atomic E-state index is 12.0. The van der Waals surface area contributed by atoms with Gasteiger partial charge in [0, 0.05) is 7.05 Å². The van der Waals surface area contributed by atoms with Gasteiger partial charge in [-0.25, -0.2) is 0 Å². The molecule has 0 fully saturated rings. The van der Waals surface area contributed by atoms with Gasteiger partial charge in [-0.2, -0.15) is 5.10 Å². The van der Waals surface area contributed by atoms with E-state index in [-0.39, 0.29) is 5.78 Å². The third-order valence-electron chi connectivity index (χ3n) is 1.93. The van der Waals surface area contributed by atoms with Gasteiger partial charge >= 0.3 is 0 Å². The molecule has 2 aromatic heterocycles. The monoisotopic (exact) mass is 380 g/mol. The highest BCUT2D eigenvalue weighted by Gasteiger charge is 2.20. The summed E-state index contributed by atoms with van der Waals surface area (Å²) in [6, 6.07) is 1.69. The number of carbonyl (C=O) groups excluding carboxylic acids is 1. The van der Waals surface area contributed by atoms with Crippen LogP contribution in [0, 0.1) is 3.70 Å². The first-order valence-electron chi connectivity index (χ1n) is 4.06. The van der Waals surface area contributed by atoms with Crippen LogP contribution in [0.3, 0.4) is 0 Å². The van der Waals surface area contributed by atoms with Crippen molar-refractivity contribution in [2.24, 2.45) is 7.05 Å². The molecule has 15 heavy (non-hydrogen) atoms. The van der Waals surface area contributed by atoms with Gasteiger partial charge in [-0.15, -0.1) is 0 Å². The summed E-state index contributed by atoms with van der Waals surface area (Å²) in [7, 11) is 1.79. The minimum atomic E-state index is -0.163. The van der Waals surface area contributed by atoms with E-state index in [1.165, 1.54) is 6.26 Å². The molecule has 0 atom stereocenters. The van der Waals surface area contributed by atoms with Gasteiger partial charge in [-0.05, 0) is 44.6 Å². The van der Waals surface area contributed by atoms with E-state index >= 15 is 0 Å². The Bertz CT molecular complexity index is 518. The average molecular weight is 381 g/mol. The Hall–Kier alpha value is -0.630. The summed E-state index contributed by atoms with van der Waals surface area (Å²) in [5.74, 6) is 0.144. The van der Waals surface area contributed by atoms with E-state index in [2.05, 4.69) is 43.6 Å². The van der Waals surface area contributed by atoms with Crippen LogP contribution in [0.25, 0.3) is 0 Å². The molecule has 0 amide bonds. The second-order valence-electron chi connectivity index (χ2n) is 2.90. The number of carbonyl (C=O) groups is 1. The molecule has 0 aromatic carbocycles. The lowest BCUT2D eigenvalue weighted by molar-refractivity contribution is 0.101. The third-order valence-corrected chi connectivity index (χ3v) is 3.84. The minimum absolute atomic E-state index is 0.163. The molecule has 2 aromatic rings. The lowest BCUT2D eigenvalue weighted by atomic mass is 10.2. The second kappa shape index (κ2) is 4.09. The van der Waals surface area contributed by atoms with Crippen LogP contribution < -0.4 is 0 Å². The van der Waals surface area contributed by atoms with Crippen molar-refractivity contribution in [2.75, 3.05) is 0 Å². The van der Waals surface area contributed by atoms with Crippen molar-refractivity contribution in [1.82, 2.24) is 9.78 Å². The molecule has 4 nitrogen and oxygen atoms in total. The van der Waals surface area contributed by atoms with Crippen molar-refractivity contribution in [3.8, 4) is 0 Å². The van der Waals surface area contributed by atoms with Gasteiger partial charge in [0.05, 0.1) is 22.5 Å². The fourth-order valence-electron chi connectivity index (χ4n) is 1.15. The van der Waals surface area contributed by atoms with Gasteiger partial charge in [-0.3, -0.25) is 9.48 Å². The van der Waals surface area contributed by atoms with E-state index in [9.17, 15) is 4.79 Å². The number of halogens is 2. The van der Waals surface area contributed by atoms with Gasteiger partial charge in [0.25, 0.3) is 0 Å². The van der Waals surface area contributed by atoms with Crippen LogP contribution in [0.2, 0.25) is 0 Å². The first kappa shape index (κ1) is 10.9. The van der Waals surface area contributed by atoms with Crippen LogP contribution >= 0.6 is 38.5 Å². The first-order chi connectivity index (χ1) is 7.11. The minimum Gasteiger partial charge on any atom is -0.460 e. The van der Waals surface area contributed by atoms with Gasteiger partial charge in [0.15, 0.2) is 5.76 Å². The van der Waals surface area contributed by atoms with Crippen LogP contribution in [-0.4, -0.2) is 15.6 Å². The lowest BCUT2D eigenvalue weighted by Gasteiger charge is -1.96. The molecule has 0 N–H and O–H groups in total. The van der Waals surface area contributed by atoms with E-state index in [4.69, 9.17) is 4.42 Å². The van der Waals surface area contributed by atoms with Gasteiger partial charge in [-0.1, -0.05) is 0 Å². The van der Waals surface area contributed by atoms with Crippen LogP contribution in [0.5, 0.6) is 0 Å². The fraction of sp³-hybridized carbons (Fsp3) is 0.111. The van der Waals surface area contributed by atoms with Crippen molar-refractivity contribution in [2.45, 2.75) is 0 Å². The topological polar surface area (TPSA) is 48.0 Å². The first-order valence-corrected chi connectivity index (χ1v) is 5.93. The Morgan fingerprint density at radius 1 is 1.67 bits per heavy atom. The largest absolute Gasteiger partial charge is 0.460 e. The maximum Gasteiger partial charge on any atom is 0.233 e. The molecule has 0 radical (unpaired) electrons. The normalized spacial score (nSPS) is 10.6. The zero-order valence-corrected chi connectivity index (χ0v) is 11.4. The predicted molar refractivity (Wildman–Crippen MR) is 65.8 cm³/mol. The van der Waals surface area contributed by atoms with Gasteiger partial charge in [0.1, 0.15) is 3.70 Å². The van der Waals surface area contributed by atoms with Crippen molar-refractivity contribution in [3.05, 3.63) is 38.0 Å². The van der Waals surface area contributed by atoms with Gasteiger partial charge in [0.2, 0.25) is 5.78 Å².